The third kappa shape index (κ3) is 1.79. The molecule has 0 aliphatic carbocycles. The smallest absolute Gasteiger partial charge is 0.450 e. The van der Waals surface area contributed by atoms with Gasteiger partial charge in [0, 0.05) is 12.1 Å². The summed E-state index contributed by atoms with van der Waals surface area (Å²) in [5, 5.41) is 11.6. The average molecular weight is 193 g/mol. The van der Waals surface area contributed by atoms with Crippen molar-refractivity contribution in [2.24, 2.45) is 0 Å². The summed E-state index contributed by atoms with van der Waals surface area (Å²) in [6.07, 6.45) is -0.839. The zero-order valence-corrected chi connectivity index (χ0v) is 7.56. The Labute approximate surface area is 81.5 Å². The van der Waals surface area contributed by atoms with Gasteiger partial charge in [-0.3, -0.25) is 0 Å². The summed E-state index contributed by atoms with van der Waals surface area (Å²) in [4.78, 5) is 10.3. The molecule has 0 amide bonds. The number of fused-ring (bicyclic) bond motifs is 1. The highest BCUT2D eigenvalue weighted by atomic mass is 16.7. The highest BCUT2D eigenvalue weighted by molar-refractivity contribution is 5.58. The monoisotopic (exact) mass is 193 g/mol. The summed E-state index contributed by atoms with van der Waals surface area (Å²) in [5.74, 6) is 0. The largest absolute Gasteiger partial charge is 0.506 e. The number of nitrogens with one attached hydrogen (secondary N) is 1. The first-order valence-corrected chi connectivity index (χ1v) is 4.47. The van der Waals surface area contributed by atoms with Crippen molar-refractivity contribution in [2.75, 3.05) is 11.9 Å². The first kappa shape index (κ1) is 8.87. The second-order valence-electron chi connectivity index (χ2n) is 3.25. The molecular weight excluding hydrogens is 182 g/mol. The van der Waals surface area contributed by atoms with Gasteiger partial charge < -0.3 is 15.2 Å². The highest BCUT2D eigenvalue weighted by Gasteiger charge is 2.20. The first-order valence-electron chi connectivity index (χ1n) is 4.47. The van der Waals surface area contributed by atoms with Gasteiger partial charge in [-0.1, -0.05) is 18.2 Å². The lowest BCUT2D eigenvalue weighted by Gasteiger charge is -2.24. The SMILES string of the molecule is O=C(O)O[C@H]1CNc2ccccc2C1. The molecule has 4 heteroatoms. The van der Waals surface area contributed by atoms with E-state index in [1.54, 1.807) is 0 Å². The molecular formula is C10H11NO3. The number of rotatable bonds is 1. The second kappa shape index (κ2) is 3.57. The van der Waals surface area contributed by atoms with Crippen LogP contribution >= 0.6 is 0 Å². The topological polar surface area (TPSA) is 58.6 Å². The molecule has 74 valence electrons. The molecule has 1 heterocycles. The van der Waals surface area contributed by atoms with E-state index in [9.17, 15) is 4.79 Å². The number of para-hydroxylation sites is 1. The summed E-state index contributed by atoms with van der Waals surface area (Å²) in [7, 11) is 0. The lowest BCUT2D eigenvalue weighted by molar-refractivity contribution is 0.0558. The molecule has 1 atom stereocenters. The van der Waals surface area contributed by atoms with Gasteiger partial charge in [-0.2, -0.15) is 0 Å². The molecule has 0 saturated heterocycles. The van der Waals surface area contributed by atoms with Crippen LogP contribution in [0.4, 0.5) is 10.5 Å². The molecule has 0 unspecified atom stereocenters. The van der Waals surface area contributed by atoms with Crippen molar-refractivity contribution in [3.05, 3.63) is 29.8 Å². The number of hydrogen-bond donors (Lipinski definition) is 2. The molecule has 0 fully saturated rings. The highest BCUT2D eigenvalue weighted by Crippen LogP contribution is 2.22. The van der Waals surface area contributed by atoms with Crippen LogP contribution in [0.15, 0.2) is 24.3 Å². The second-order valence-corrected chi connectivity index (χ2v) is 3.25. The minimum Gasteiger partial charge on any atom is -0.450 e. The van der Waals surface area contributed by atoms with E-state index in [1.807, 2.05) is 24.3 Å². The predicted octanol–water partition coefficient (Wildman–Crippen LogP) is 1.72. The predicted molar refractivity (Wildman–Crippen MR) is 51.5 cm³/mol. The van der Waals surface area contributed by atoms with Crippen molar-refractivity contribution in [1.29, 1.82) is 0 Å². The van der Waals surface area contributed by atoms with Crippen molar-refractivity contribution in [1.82, 2.24) is 0 Å². The van der Waals surface area contributed by atoms with Gasteiger partial charge in [-0.05, 0) is 11.6 Å². The lowest BCUT2D eigenvalue weighted by Crippen LogP contribution is -2.31. The number of anilines is 1. The molecule has 1 aromatic carbocycles. The van der Waals surface area contributed by atoms with Crippen molar-refractivity contribution in [2.45, 2.75) is 12.5 Å². The fourth-order valence-electron chi connectivity index (χ4n) is 1.64. The van der Waals surface area contributed by atoms with Crippen molar-refractivity contribution in [3.8, 4) is 0 Å². The molecule has 0 bridgehead atoms. The molecule has 14 heavy (non-hydrogen) atoms. The number of ether oxygens (including phenoxy) is 1. The fourth-order valence-corrected chi connectivity index (χ4v) is 1.64. The first-order chi connectivity index (χ1) is 6.75. The molecule has 2 rings (SSSR count). The zero-order chi connectivity index (χ0) is 9.97. The Kier molecular flexibility index (Phi) is 2.26. The van der Waals surface area contributed by atoms with E-state index in [0.29, 0.717) is 13.0 Å². The summed E-state index contributed by atoms with van der Waals surface area (Å²) >= 11 is 0. The van der Waals surface area contributed by atoms with Gasteiger partial charge in [0.15, 0.2) is 0 Å². The Morgan fingerprint density at radius 2 is 2.29 bits per heavy atom. The van der Waals surface area contributed by atoms with Crippen LogP contribution in [0.1, 0.15) is 5.56 Å². The van der Waals surface area contributed by atoms with E-state index in [4.69, 9.17) is 9.84 Å². The standard InChI is InChI=1S/C10H11NO3/c12-10(13)14-8-5-7-3-1-2-4-9(7)11-6-8/h1-4,8,11H,5-6H2,(H,12,13)/t8-/m1/s1. The van der Waals surface area contributed by atoms with Gasteiger partial charge in [-0.25, -0.2) is 4.79 Å². The van der Waals surface area contributed by atoms with Crippen LogP contribution in [-0.4, -0.2) is 23.9 Å². The van der Waals surface area contributed by atoms with E-state index in [-0.39, 0.29) is 6.10 Å². The summed E-state index contributed by atoms with van der Waals surface area (Å²) in [5.41, 5.74) is 2.17. The molecule has 2 N–H and O–H groups in total. The molecule has 4 nitrogen and oxygen atoms in total. The number of carbonyl (C=O) groups is 1. The van der Waals surface area contributed by atoms with Gasteiger partial charge in [0.25, 0.3) is 0 Å². The van der Waals surface area contributed by atoms with Crippen LogP contribution < -0.4 is 5.32 Å². The Morgan fingerprint density at radius 3 is 3.07 bits per heavy atom. The molecule has 0 radical (unpaired) electrons. The van der Waals surface area contributed by atoms with Gasteiger partial charge in [0.2, 0.25) is 0 Å². The van der Waals surface area contributed by atoms with E-state index in [0.717, 1.165) is 11.3 Å². The van der Waals surface area contributed by atoms with Crippen LogP contribution in [0.5, 0.6) is 0 Å². The molecule has 0 saturated carbocycles. The van der Waals surface area contributed by atoms with Crippen molar-refractivity contribution >= 4 is 11.8 Å². The Bertz CT molecular complexity index is 351. The number of benzene rings is 1. The maximum absolute atomic E-state index is 10.3. The summed E-state index contributed by atoms with van der Waals surface area (Å²) in [6, 6.07) is 7.83. The third-order valence-corrected chi connectivity index (χ3v) is 2.25. The maximum Gasteiger partial charge on any atom is 0.506 e. The van der Waals surface area contributed by atoms with Gasteiger partial charge >= 0.3 is 6.16 Å². The van der Waals surface area contributed by atoms with Gasteiger partial charge in [-0.15, -0.1) is 0 Å². The lowest BCUT2D eigenvalue weighted by atomic mass is 10.0. The summed E-state index contributed by atoms with van der Waals surface area (Å²) in [6.45, 7) is 0.545. The Hall–Kier alpha value is -1.71. The Morgan fingerprint density at radius 1 is 1.50 bits per heavy atom. The summed E-state index contributed by atoms with van der Waals surface area (Å²) < 4.78 is 4.70. The average Bonchev–Trinajstić information content (AvgIpc) is 2.17. The van der Waals surface area contributed by atoms with Crippen LogP contribution in [0, 0.1) is 0 Å². The van der Waals surface area contributed by atoms with Gasteiger partial charge in [0.1, 0.15) is 6.10 Å². The molecule has 1 aliphatic heterocycles. The van der Waals surface area contributed by atoms with E-state index >= 15 is 0 Å². The Balaban J connectivity index is 2.09. The van der Waals surface area contributed by atoms with Crippen molar-refractivity contribution < 1.29 is 14.6 Å². The number of hydrogen-bond acceptors (Lipinski definition) is 3. The van der Waals surface area contributed by atoms with E-state index < -0.39 is 6.16 Å². The number of carboxylic acid groups (broad SMARTS) is 1. The fraction of sp³-hybridized carbons (Fsp3) is 0.300. The van der Waals surface area contributed by atoms with Crippen LogP contribution in [0.3, 0.4) is 0 Å². The molecule has 1 aliphatic rings. The van der Waals surface area contributed by atoms with Crippen LogP contribution in [0.25, 0.3) is 0 Å². The maximum atomic E-state index is 10.3. The quantitative estimate of drug-likeness (QED) is 0.667. The molecule has 0 aromatic heterocycles. The molecule has 0 spiro atoms. The minimum absolute atomic E-state index is 0.276. The van der Waals surface area contributed by atoms with E-state index in [2.05, 4.69) is 5.32 Å². The normalized spacial score (nSPS) is 19.3. The van der Waals surface area contributed by atoms with E-state index in [1.165, 1.54) is 0 Å². The third-order valence-electron chi connectivity index (χ3n) is 2.25. The van der Waals surface area contributed by atoms with Crippen LogP contribution in [0.2, 0.25) is 0 Å². The zero-order valence-electron chi connectivity index (χ0n) is 7.56. The van der Waals surface area contributed by atoms with Crippen molar-refractivity contribution in [3.63, 3.8) is 0 Å². The molecule has 1 aromatic rings. The minimum atomic E-state index is -1.21. The van der Waals surface area contributed by atoms with Crippen LogP contribution in [-0.2, 0) is 11.2 Å². The van der Waals surface area contributed by atoms with Gasteiger partial charge in [0.05, 0.1) is 6.54 Å².